The van der Waals surface area contributed by atoms with Gasteiger partial charge in [0.1, 0.15) is 0 Å². The molecule has 1 atom stereocenters. The number of hydrogen-bond donors (Lipinski definition) is 1. The van der Waals surface area contributed by atoms with Crippen molar-refractivity contribution in [1.82, 2.24) is 5.32 Å². The summed E-state index contributed by atoms with van der Waals surface area (Å²) in [4.78, 5) is 0. The second-order valence-electron chi connectivity index (χ2n) is 3.88. The van der Waals surface area contributed by atoms with E-state index in [0.29, 0.717) is 5.92 Å². The van der Waals surface area contributed by atoms with Crippen molar-refractivity contribution in [1.29, 1.82) is 0 Å². The molecule has 0 saturated heterocycles. The van der Waals surface area contributed by atoms with Crippen LogP contribution in [-0.4, -0.2) is 31.8 Å². The molecule has 0 spiro atoms. The van der Waals surface area contributed by atoms with E-state index in [0.717, 1.165) is 13.0 Å². The molecule has 16 heavy (non-hydrogen) atoms. The summed E-state index contributed by atoms with van der Waals surface area (Å²) in [6, 6.07) is 0. The van der Waals surface area contributed by atoms with Crippen LogP contribution in [0.25, 0.3) is 0 Å². The average molecular weight is 259 g/mol. The zero-order valence-corrected chi connectivity index (χ0v) is 13.5. The summed E-state index contributed by atoms with van der Waals surface area (Å²) in [6.45, 7) is 5.37. The molecule has 1 N–H and O–H groups in total. The van der Waals surface area contributed by atoms with Gasteiger partial charge in [0.25, 0.3) is 0 Å². The third kappa shape index (κ3) is 12.9. The van der Waals surface area contributed by atoms with Crippen molar-refractivity contribution < 1.29 is 42.5 Å². The summed E-state index contributed by atoms with van der Waals surface area (Å²) < 4.78 is 31.0. The third-order valence-electron chi connectivity index (χ3n) is 2.51. The predicted molar refractivity (Wildman–Crippen MR) is 60.7 cm³/mol. The molecule has 92 valence electrons. The van der Waals surface area contributed by atoms with Crippen LogP contribution >= 0.6 is 0 Å². The molecule has 0 amide bonds. The van der Waals surface area contributed by atoms with Crippen molar-refractivity contribution >= 4 is 10.1 Å². The van der Waals surface area contributed by atoms with Crippen molar-refractivity contribution in [3.63, 3.8) is 0 Å². The second-order valence-corrected chi connectivity index (χ2v) is 5.41. The van der Waals surface area contributed by atoms with Crippen LogP contribution in [-0.2, 0) is 10.1 Å². The van der Waals surface area contributed by atoms with Crippen LogP contribution in [0.1, 0.15) is 39.5 Å². The molecule has 0 fully saturated rings. The topological polar surface area (TPSA) is 69.2 Å². The Kier molecular flexibility index (Phi) is 13.2. The molecule has 0 aliphatic carbocycles. The van der Waals surface area contributed by atoms with Crippen molar-refractivity contribution in [2.24, 2.45) is 5.92 Å². The number of nitrogens with one attached hydrogen (secondary N) is 1. The van der Waals surface area contributed by atoms with Crippen LogP contribution in [0.4, 0.5) is 0 Å². The van der Waals surface area contributed by atoms with Crippen LogP contribution in [0.3, 0.4) is 0 Å². The molecule has 6 heteroatoms. The first-order valence-electron chi connectivity index (χ1n) is 5.63. The van der Waals surface area contributed by atoms with Gasteiger partial charge >= 0.3 is 29.6 Å². The van der Waals surface area contributed by atoms with E-state index in [1.807, 2.05) is 0 Å². The first-order valence-corrected chi connectivity index (χ1v) is 7.21. The molecule has 0 rings (SSSR count). The molecular weight excluding hydrogens is 237 g/mol. The molecule has 0 radical (unpaired) electrons. The Morgan fingerprint density at radius 2 is 1.94 bits per heavy atom. The van der Waals surface area contributed by atoms with Crippen molar-refractivity contribution in [3.05, 3.63) is 0 Å². The van der Waals surface area contributed by atoms with Crippen molar-refractivity contribution in [2.75, 3.05) is 18.8 Å². The molecule has 4 nitrogen and oxygen atoms in total. The molecule has 0 heterocycles. The second kappa shape index (κ2) is 11.0. The van der Waals surface area contributed by atoms with Gasteiger partial charge in [-0.05, 0) is 18.9 Å². The van der Waals surface area contributed by atoms with Gasteiger partial charge in [-0.15, -0.1) is 0 Å². The fourth-order valence-corrected chi connectivity index (χ4v) is 1.84. The fraction of sp³-hybridized carbons (Fsp3) is 1.00. The molecule has 0 aromatic rings. The largest absolute Gasteiger partial charge is 1.00 e. The Bertz CT molecular complexity index is 244. The van der Waals surface area contributed by atoms with E-state index in [2.05, 4.69) is 19.2 Å². The van der Waals surface area contributed by atoms with Gasteiger partial charge in [0.2, 0.25) is 0 Å². The summed E-state index contributed by atoms with van der Waals surface area (Å²) in [5.74, 6) is 0.288. The van der Waals surface area contributed by atoms with E-state index >= 15 is 0 Å². The van der Waals surface area contributed by atoms with Gasteiger partial charge in [-0.2, -0.15) is 0 Å². The van der Waals surface area contributed by atoms with Gasteiger partial charge in [0.05, 0.1) is 15.9 Å². The van der Waals surface area contributed by atoms with Crippen LogP contribution in [0.15, 0.2) is 0 Å². The first-order chi connectivity index (χ1) is 6.99. The Morgan fingerprint density at radius 1 is 1.31 bits per heavy atom. The zero-order valence-electron chi connectivity index (χ0n) is 10.7. The maximum Gasteiger partial charge on any atom is 1.00 e. The summed E-state index contributed by atoms with van der Waals surface area (Å²) in [7, 11) is -4.06. The number of rotatable bonds is 9. The third-order valence-corrected chi connectivity index (χ3v) is 3.21. The van der Waals surface area contributed by atoms with Crippen LogP contribution in [0.5, 0.6) is 0 Å². The normalized spacial score (nSPS) is 13.2. The van der Waals surface area contributed by atoms with Gasteiger partial charge in [-0.3, -0.25) is 0 Å². The van der Waals surface area contributed by atoms with Gasteiger partial charge in [-0.25, -0.2) is 8.42 Å². The Hall–Kier alpha value is 0.870. The minimum atomic E-state index is -4.06. The van der Waals surface area contributed by atoms with Gasteiger partial charge in [0.15, 0.2) is 0 Å². The van der Waals surface area contributed by atoms with Gasteiger partial charge < -0.3 is 9.87 Å². The number of hydrogen-bond acceptors (Lipinski definition) is 4. The average Bonchev–Trinajstić information content (AvgIpc) is 2.15. The van der Waals surface area contributed by atoms with E-state index in [1.54, 1.807) is 0 Å². The molecule has 0 aliphatic heterocycles. The van der Waals surface area contributed by atoms with Crippen LogP contribution in [0.2, 0.25) is 0 Å². The minimum absolute atomic E-state index is 0. The summed E-state index contributed by atoms with van der Waals surface area (Å²) in [6.07, 6.45) is 4.66. The molecule has 0 unspecified atom stereocenters. The zero-order chi connectivity index (χ0) is 11.7. The fourth-order valence-electron chi connectivity index (χ4n) is 1.45. The molecule has 0 bridgehead atoms. The molecular formula is C10H22NNaO3S. The van der Waals surface area contributed by atoms with Crippen molar-refractivity contribution in [2.45, 2.75) is 39.5 Å². The SMILES string of the molecule is CCCC[C@@H](CC)CNCCS(=O)(=O)[O-].[Na+]. The molecule has 0 aromatic carbocycles. The summed E-state index contributed by atoms with van der Waals surface area (Å²) in [5.41, 5.74) is 0. The quantitative estimate of drug-likeness (QED) is 0.306. The van der Waals surface area contributed by atoms with E-state index in [-0.39, 0.29) is 41.9 Å². The Morgan fingerprint density at radius 3 is 2.38 bits per heavy atom. The van der Waals surface area contributed by atoms with E-state index < -0.39 is 10.1 Å². The first kappa shape index (κ1) is 19.2. The smallest absolute Gasteiger partial charge is 0.748 e. The monoisotopic (exact) mass is 259 g/mol. The van der Waals surface area contributed by atoms with Crippen LogP contribution in [0, 0.1) is 5.92 Å². The van der Waals surface area contributed by atoms with Crippen molar-refractivity contribution in [3.8, 4) is 0 Å². The summed E-state index contributed by atoms with van der Waals surface area (Å²) >= 11 is 0. The standard InChI is InChI=1S/C10H23NO3S.Na/c1-3-5-6-10(4-2)9-11-7-8-15(12,13)14;/h10-11H,3-9H2,1-2H3,(H,12,13,14);/q;+1/p-1/t10-;/m1./s1. The van der Waals surface area contributed by atoms with Crippen LogP contribution < -0.4 is 34.9 Å². The maximum absolute atomic E-state index is 10.3. The van der Waals surface area contributed by atoms with Gasteiger partial charge in [0, 0.05) is 6.54 Å². The van der Waals surface area contributed by atoms with E-state index in [1.165, 1.54) is 19.3 Å². The minimum Gasteiger partial charge on any atom is -0.748 e. The summed E-state index contributed by atoms with van der Waals surface area (Å²) in [5, 5.41) is 3.02. The number of unbranched alkanes of at least 4 members (excludes halogenated alkanes) is 1. The van der Waals surface area contributed by atoms with E-state index in [9.17, 15) is 13.0 Å². The molecule has 0 saturated carbocycles. The Labute approximate surface area is 122 Å². The van der Waals surface area contributed by atoms with E-state index in [4.69, 9.17) is 0 Å². The Balaban J connectivity index is 0. The molecule has 0 aromatic heterocycles. The predicted octanol–water partition coefficient (Wildman–Crippen LogP) is -1.66. The van der Waals surface area contributed by atoms with Gasteiger partial charge in [-0.1, -0.05) is 33.1 Å². The maximum atomic E-state index is 10.3. The molecule has 0 aliphatic rings.